The molecule has 0 bridgehead atoms. The number of hydrogen-bond acceptors (Lipinski definition) is 3. The zero-order chi connectivity index (χ0) is 14.6. The van der Waals surface area contributed by atoms with E-state index in [0.717, 1.165) is 0 Å². The first-order chi connectivity index (χ1) is 8.77. The third-order valence-electron chi connectivity index (χ3n) is 2.69. The third kappa shape index (κ3) is 4.04. The minimum atomic E-state index is -3.53. The normalized spacial score (nSPS) is 13.5. The van der Waals surface area contributed by atoms with Crippen molar-refractivity contribution in [2.45, 2.75) is 44.0 Å². The second-order valence-corrected chi connectivity index (χ2v) is 6.36. The Hall–Kier alpha value is -1.40. The van der Waals surface area contributed by atoms with Gasteiger partial charge in [0.05, 0.1) is 10.8 Å². The maximum Gasteiger partial charge on any atom is 0.310 e. The van der Waals surface area contributed by atoms with Crippen LogP contribution in [0.4, 0.5) is 0 Å². The van der Waals surface area contributed by atoms with E-state index in [0.29, 0.717) is 12.0 Å². The van der Waals surface area contributed by atoms with E-state index in [1.54, 1.807) is 32.9 Å². The molecular weight excluding hydrogens is 266 g/mol. The molecule has 0 heterocycles. The first kappa shape index (κ1) is 15.7. The minimum absolute atomic E-state index is 0.144. The fraction of sp³-hybridized carbons (Fsp3) is 0.462. The standard InChI is InChI=1S/C13H19NO4S/c1-4-12(13(15)16)10-5-7-11(8-6-10)19(17,18)14-9(2)3/h5-9,12,14H,4H2,1-3H3,(H,15,16). The molecule has 106 valence electrons. The van der Waals surface area contributed by atoms with Crippen LogP contribution in [0, 0.1) is 0 Å². The monoisotopic (exact) mass is 285 g/mol. The molecule has 0 aromatic heterocycles. The summed E-state index contributed by atoms with van der Waals surface area (Å²) in [5.74, 6) is -1.51. The number of nitrogens with one attached hydrogen (secondary N) is 1. The highest BCUT2D eigenvalue weighted by Gasteiger charge is 2.19. The molecule has 1 rings (SSSR count). The molecule has 0 aliphatic carbocycles. The molecule has 0 saturated heterocycles. The summed E-state index contributed by atoms with van der Waals surface area (Å²) < 4.78 is 26.3. The minimum Gasteiger partial charge on any atom is -0.481 e. The molecule has 1 atom stereocenters. The second-order valence-electron chi connectivity index (χ2n) is 4.64. The topological polar surface area (TPSA) is 83.5 Å². The average Bonchev–Trinajstić information content (AvgIpc) is 2.28. The van der Waals surface area contributed by atoms with E-state index in [4.69, 9.17) is 5.11 Å². The molecule has 19 heavy (non-hydrogen) atoms. The Kier molecular flexibility index (Phi) is 5.08. The van der Waals surface area contributed by atoms with E-state index in [-0.39, 0.29) is 10.9 Å². The SMILES string of the molecule is CCC(C(=O)O)c1ccc(S(=O)(=O)NC(C)C)cc1. The molecule has 0 amide bonds. The molecule has 5 nitrogen and oxygen atoms in total. The van der Waals surface area contributed by atoms with Crippen LogP contribution in [-0.2, 0) is 14.8 Å². The first-order valence-corrected chi connectivity index (χ1v) is 7.61. The largest absolute Gasteiger partial charge is 0.481 e. The van der Waals surface area contributed by atoms with Gasteiger partial charge in [0, 0.05) is 6.04 Å². The molecule has 0 aliphatic rings. The molecule has 1 aromatic carbocycles. The van der Waals surface area contributed by atoms with Gasteiger partial charge in [-0.1, -0.05) is 19.1 Å². The molecule has 0 radical (unpaired) electrons. The van der Waals surface area contributed by atoms with Crippen molar-refractivity contribution in [1.82, 2.24) is 4.72 Å². The molecule has 0 fully saturated rings. The number of carboxylic acids is 1. The quantitative estimate of drug-likeness (QED) is 0.836. The Labute approximate surface area is 113 Å². The van der Waals surface area contributed by atoms with E-state index in [1.807, 2.05) is 0 Å². The molecule has 0 aliphatic heterocycles. The van der Waals surface area contributed by atoms with Crippen LogP contribution >= 0.6 is 0 Å². The maximum absolute atomic E-state index is 11.9. The van der Waals surface area contributed by atoms with Gasteiger partial charge in [0.2, 0.25) is 10.0 Å². The molecule has 6 heteroatoms. The molecule has 0 saturated carbocycles. The Morgan fingerprint density at radius 2 is 1.79 bits per heavy atom. The van der Waals surface area contributed by atoms with Crippen molar-refractivity contribution in [3.8, 4) is 0 Å². The summed E-state index contributed by atoms with van der Waals surface area (Å²) in [4.78, 5) is 11.2. The summed E-state index contributed by atoms with van der Waals surface area (Å²) in [5, 5.41) is 9.04. The highest BCUT2D eigenvalue weighted by atomic mass is 32.2. The van der Waals surface area contributed by atoms with Gasteiger partial charge < -0.3 is 5.11 Å². The van der Waals surface area contributed by atoms with Gasteiger partial charge in [-0.15, -0.1) is 0 Å². The van der Waals surface area contributed by atoms with Crippen molar-refractivity contribution in [2.75, 3.05) is 0 Å². The lowest BCUT2D eigenvalue weighted by atomic mass is 9.97. The molecule has 0 spiro atoms. The van der Waals surface area contributed by atoms with Crippen molar-refractivity contribution in [3.63, 3.8) is 0 Å². The van der Waals surface area contributed by atoms with E-state index in [9.17, 15) is 13.2 Å². The van der Waals surface area contributed by atoms with Gasteiger partial charge >= 0.3 is 5.97 Å². The number of carbonyl (C=O) groups is 1. The van der Waals surface area contributed by atoms with Crippen LogP contribution in [0.15, 0.2) is 29.2 Å². The van der Waals surface area contributed by atoms with Crippen LogP contribution < -0.4 is 4.72 Å². The van der Waals surface area contributed by atoms with Crippen molar-refractivity contribution in [3.05, 3.63) is 29.8 Å². The predicted molar refractivity (Wildman–Crippen MR) is 72.6 cm³/mol. The van der Waals surface area contributed by atoms with Gasteiger partial charge in [-0.2, -0.15) is 0 Å². The van der Waals surface area contributed by atoms with Crippen LogP contribution in [0.3, 0.4) is 0 Å². The highest BCUT2D eigenvalue weighted by Crippen LogP contribution is 2.21. The van der Waals surface area contributed by atoms with Crippen LogP contribution in [0.2, 0.25) is 0 Å². The zero-order valence-corrected chi connectivity index (χ0v) is 12.1. The summed E-state index contributed by atoms with van der Waals surface area (Å²) in [7, 11) is -3.53. The van der Waals surface area contributed by atoms with Crippen LogP contribution in [0.5, 0.6) is 0 Å². The maximum atomic E-state index is 11.9. The van der Waals surface area contributed by atoms with Crippen molar-refractivity contribution < 1.29 is 18.3 Å². The summed E-state index contributed by atoms with van der Waals surface area (Å²) in [6.45, 7) is 5.26. The Balaban J connectivity index is 3.03. The summed E-state index contributed by atoms with van der Waals surface area (Å²) >= 11 is 0. The zero-order valence-electron chi connectivity index (χ0n) is 11.3. The number of benzene rings is 1. The number of aliphatic carboxylic acids is 1. The van der Waals surface area contributed by atoms with Gasteiger partial charge in [0.1, 0.15) is 0 Å². The van der Waals surface area contributed by atoms with Crippen LogP contribution in [-0.4, -0.2) is 25.5 Å². The number of sulfonamides is 1. The van der Waals surface area contributed by atoms with Gasteiger partial charge in [0.25, 0.3) is 0 Å². The van der Waals surface area contributed by atoms with Gasteiger partial charge in [0.15, 0.2) is 0 Å². The highest BCUT2D eigenvalue weighted by molar-refractivity contribution is 7.89. The lowest BCUT2D eigenvalue weighted by Crippen LogP contribution is -2.30. The number of carboxylic acid groups (broad SMARTS) is 1. The fourth-order valence-corrected chi connectivity index (χ4v) is 3.06. The van der Waals surface area contributed by atoms with E-state index in [2.05, 4.69) is 4.72 Å². The molecular formula is C13H19NO4S. The van der Waals surface area contributed by atoms with Crippen LogP contribution in [0.1, 0.15) is 38.7 Å². The van der Waals surface area contributed by atoms with Gasteiger partial charge in [-0.25, -0.2) is 13.1 Å². The smallest absolute Gasteiger partial charge is 0.310 e. The third-order valence-corrected chi connectivity index (χ3v) is 4.36. The van der Waals surface area contributed by atoms with Crippen LogP contribution in [0.25, 0.3) is 0 Å². The molecule has 2 N–H and O–H groups in total. The molecule has 1 unspecified atom stereocenters. The molecule has 1 aromatic rings. The second kappa shape index (κ2) is 6.16. The average molecular weight is 285 g/mol. The first-order valence-electron chi connectivity index (χ1n) is 6.13. The summed E-state index contributed by atoms with van der Waals surface area (Å²) in [6.07, 6.45) is 0.464. The van der Waals surface area contributed by atoms with Crippen molar-refractivity contribution in [1.29, 1.82) is 0 Å². The van der Waals surface area contributed by atoms with E-state index >= 15 is 0 Å². The fourth-order valence-electron chi connectivity index (χ4n) is 1.81. The van der Waals surface area contributed by atoms with Crippen molar-refractivity contribution >= 4 is 16.0 Å². The number of rotatable bonds is 6. The lowest BCUT2D eigenvalue weighted by Gasteiger charge is -2.12. The lowest BCUT2D eigenvalue weighted by molar-refractivity contribution is -0.138. The summed E-state index contributed by atoms with van der Waals surface area (Å²) in [5.41, 5.74) is 0.610. The van der Waals surface area contributed by atoms with Gasteiger partial charge in [-0.05, 0) is 38.0 Å². The van der Waals surface area contributed by atoms with E-state index < -0.39 is 21.9 Å². The summed E-state index contributed by atoms with van der Waals surface area (Å²) in [6, 6.07) is 5.79. The Morgan fingerprint density at radius 3 is 2.16 bits per heavy atom. The van der Waals surface area contributed by atoms with Gasteiger partial charge in [-0.3, -0.25) is 4.79 Å². The predicted octanol–water partition coefficient (Wildman–Crippen LogP) is 1.95. The van der Waals surface area contributed by atoms with Crippen molar-refractivity contribution in [2.24, 2.45) is 0 Å². The Morgan fingerprint density at radius 1 is 1.26 bits per heavy atom. The number of hydrogen-bond donors (Lipinski definition) is 2. The Bertz CT molecular complexity index is 534. The van der Waals surface area contributed by atoms with E-state index in [1.165, 1.54) is 12.1 Å².